The number of hydrogen-bond donors (Lipinski definition) is 2. The van der Waals surface area contributed by atoms with Gasteiger partial charge < -0.3 is 20.9 Å². The Balaban J connectivity index is 1.14. The fourth-order valence-corrected chi connectivity index (χ4v) is 6.05. The second-order valence-corrected chi connectivity index (χ2v) is 10.2. The third-order valence-electron chi connectivity index (χ3n) is 8.17. The Kier molecular flexibility index (Phi) is 6.01. The predicted octanol–water partition coefficient (Wildman–Crippen LogP) is 2.90. The predicted molar refractivity (Wildman–Crippen MR) is 143 cm³/mol. The van der Waals surface area contributed by atoms with Crippen molar-refractivity contribution >= 4 is 23.2 Å². The Morgan fingerprint density at radius 1 is 1.11 bits per heavy atom. The lowest BCUT2D eigenvalue weighted by Gasteiger charge is -2.42. The van der Waals surface area contributed by atoms with Gasteiger partial charge in [0.05, 0.1) is 23.8 Å². The maximum atomic E-state index is 11.5. The largest absolute Gasteiger partial charge is 0.355 e. The van der Waals surface area contributed by atoms with Gasteiger partial charge in [-0.05, 0) is 72.9 Å². The van der Waals surface area contributed by atoms with Crippen LogP contribution in [0.15, 0.2) is 48.9 Å². The molecule has 4 heterocycles. The molecule has 0 saturated carbocycles. The average Bonchev–Trinajstić information content (AvgIpc) is 3.22. The molecule has 1 atom stereocenters. The molecule has 1 spiro atoms. The lowest BCUT2D eigenvalue weighted by molar-refractivity contribution is -0.115. The number of nitrogens with zero attached hydrogens (tertiary/aromatic N) is 5. The van der Waals surface area contributed by atoms with E-state index in [4.69, 9.17) is 15.7 Å². The Hall–Kier alpha value is -3.96. The maximum Gasteiger partial charge on any atom is 0.295 e. The number of carbonyl (C=O) groups excluding carboxylic acids is 1. The minimum atomic E-state index is -0.289. The van der Waals surface area contributed by atoms with Crippen LogP contribution in [-0.2, 0) is 17.6 Å². The number of nitrogens with one attached hydrogen (secondary N) is 1. The number of amides is 1. The first-order chi connectivity index (χ1) is 18.1. The van der Waals surface area contributed by atoms with Gasteiger partial charge in [-0.3, -0.25) is 9.78 Å². The van der Waals surface area contributed by atoms with Crippen LogP contribution in [0.25, 0.3) is 0 Å². The summed E-state index contributed by atoms with van der Waals surface area (Å²) in [5, 5.41) is 2.53. The van der Waals surface area contributed by atoms with E-state index in [1.807, 2.05) is 30.7 Å². The molecule has 3 aliphatic rings. The van der Waals surface area contributed by atoms with Crippen molar-refractivity contribution in [2.75, 3.05) is 36.5 Å². The standard InChI is InChI=1S/C29H31N7O/c1-31-27(37)9-7-20-6-8-21-17-29(28(30)22(21)16-20)10-14-35(15-11-29)25-18-34-26(19-33-25)36-13-3-4-23-24(36)5-2-12-32-23/h2,5-6,8,12,16,18-19,28H,3-4,10-11,13-15,17,30H2,1H3,(H,31,37)/t28-/m1/s1. The summed E-state index contributed by atoms with van der Waals surface area (Å²) in [5.41, 5.74) is 12.4. The van der Waals surface area contributed by atoms with Crippen LogP contribution in [0.3, 0.4) is 0 Å². The number of aromatic nitrogens is 3. The summed E-state index contributed by atoms with van der Waals surface area (Å²) >= 11 is 0. The zero-order chi connectivity index (χ0) is 25.4. The molecule has 1 saturated heterocycles. The van der Waals surface area contributed by atoms with Crippen molar-refractivity contribution < 1.29 is 4.79 Å². The summed E-state index contributed by atoms with van der Waals surface area (Å²) in [6.07, 6.45) is 10.7. The van der Waals surface area contributed by atoms with Gasteiger partial charge in [-0.1, -0.05) is 12.0 Å². The van der Waals surface area contributed by atoms with Crippen molar-refractivity contribution in [1.82, 2.24) is 20.3 Å². The molecule has 0 unspecified atom stereocenters. The molecular weight excluding hydrogens is 462 g/mol. The lowest BCUT2D eigenvalue weighted by atomic mass is 9.73. The van der Waals surface area contributed by atoms with Crippen molar-refractivity contribution in [2.24, 2.45) is 11.1 Å². The third kappa shape index (κ3) is 4.30. The highest BCUT2D eigenvalue weighted by Crippen LogP contribution is 2.51. The van der Waals surface area contributed by atoms with Crippen LogP contribution >= 0.6 is 0 Å². The summed E-state index contributed by atoms with van der Waals surface area (Å²) in [6, 6.07) is 10.2. The van der Waals surface area contributed by atoms with Crippen LogP contribution in [0.5, 0.6) is 0 Å². The fraction of sp³-hybridized carbons (Fsp3) is 0.379. The van der Waals surface area contributed by atoms with Crippen LogP contribution in [0.2, 0.25) is 0 Å². The molecule has 2 aromatic heterocycles. The topological polar surface area (TPSA) is 100 Å². The number of hydrogen-bond acceptors (Lipinski definition) is 7. The zero-order valence-corrected chi connectivity index (χ0v) is 21.1. The van der Waals surface area contributed by atoms with Gasteiger partial charge in [0.2, 0.25) is 0 Å². The van der Waals surface area contributed by atoms with Crippen LogP contribution < -0.4 is 20.9 Å². The smallest absolute Gasteiger partial charge is 0.295 e. The van der Waals surface area contributed by atoms with Crippen LogP contribution in [-0.4, -0.2) is 47.5 Å². The van der Waals surface area contributed by atoms with E-state index in [1.165, 1.54) is 5.56 Å². The van der Waals surface area contributed by atoms with Crippen LogP contribution in [0.1, 0.15) is 47.7 Å². The number of fused-ring (bicyclic) bond motifs is 2. The van der Waals surface area contributed by atoms with E-state index in [0.717, 1.165) is 85.9 Å². The summed E-state index contributed by atoms with van der Waals surface area (Å²) in [5.74, 6) is 7.06. The maximum absolute atomic E-state index is 11.5. The first-order valence-electron chi connectivity index (χ1n) is 13.0. The quantitative estimate of drug-likeness (QED) is 0.530. The molecular formula is C29H31N7O. The number of nitrogens with two attached hydrogens (primary N) is 1. The minimum absolute atomic E-state index is 0.0346. The highest BCUT2D eigenvalue weighted by Gasteiger charge is 2.46. The minimum Gasteiger partial charge on any atom is -0.355 e. The summed E-state index contributed by atoms with van der Waals surface area (Å²) < 4.78 is 0. The normalized spacial score (nSPS) is 19.6. The Bertz CT molecular complexity index is 1380. The highest BCUT2D eigenvalue weighted by molar-refractivity contribution is 5.93. The number of anilines is 3. The summed E-state index contributed by atoms with van der Waals surface area (Å²) in [6.45, 7) is 2.72. The van der Waals surface area contributed by atoms with Gasteiger partial charge in [0.25, 0.3) is 5.91 Å². The van der Waals surface area contributed by atoms with Crippen LogP contribution in [0.4, 0.5) is 17.3 Å². The average molecular weight is 494 g/mol. The zero-order valence-electron chi connectivity index (χ0n) is 21.1. The van der Waals surface area contributed by atoms with Gasteiger partial charge in [-0.25, -0.2) is 9.97 Å². The van der Waals surface area contributed by atoms with Gasteiger partial charge >= 0.3 is 0 Å². The highest BCUT2D eigenvalue weighted by atomic mass is 16.1. The Labute approximate surface area is 217 Å². The second-order valence-electron chi connectivity index (χ2n) is 10.2. The SMILES string of the molecule is CNC(=O)C#Cc1ccc2c(c1)[C@@H](N)C1(CCN(c3cnc(N4CCCc5ncccc54)cn3)CC1)C2. The van der Waals surface area contributed by atoms with Gasteiger partial charge in [0.15, 0.2) is 5.82 Å². The summed E-state index contributed by atoms with van der Waals surface area (Å²) in [7, 11) is 1.58. The molecule has 0 radical (unpaired) electrons. The molecule has 3 aromatic rings. The molecule has 188 valence electrons. The number of aryl methyl sites for hydroxylation is 1. The molecule has 6 rings (SSSR count). The number of rotatable bonds is 2. The molecule has 1 amide bonds. The van der Waals surface area contributed by atoms with E-state index in [0.29, 0.717) is 0 Å². The third-order valence-corrected chi connectivity index (χ3v) is 8.17. The van der Waals surface area contributed by atoms with Gasteiger partial charge in [-0.15, -0.1) is 0 Å². The van der Waals surface area contributed by atoms with Crippen molar-refractivity contribution in [2.45, 2.75) is 38.1 Å². The molecule has 1 aliphatic carbocycles. The molecule has 8 heteroatoms. The second kappa shape index (κ2) is 9.49. The van der Waals surface area contributed by atoms with Gasteiger partial charge in [0, 0.05) is 50.4 Å². The van der Waals surface area contributed by atoms with Gasteiger partial charge in [-0.2, -0.15) is 0 Å². The molecule has 2 aliphatic heterocycles. The van der Waals surface area contributed by atoms with Crippen molar-refractivity contribution in [3.8, 4) is 11.8 Å². The number of pyridine rings is 1. The molecule has 1 aromatic carbocycles. The first-order valence-corrected chi connectivity index (χ1v) is 13.0. The monoisotopic (exact) mass is 493 g/mol. The van der Waals surface area contributed by atoms with E-state index in [1.54, 1.807) is 7.05 Å². The molecule has 1 fully saturated rings. The van der Waals surface area contributed by atoms with E-state index < -0.39 is 0 Å². The Morgan fingerprint density at radius 2 is 1.92 bits per heavy atom. The van der Waals surface area contributed by atoms with E-state index >= 15 is 0 Å². The summed E-state index contributed by atoms with van der Waals surface area (Å²) in [4.78, 5) is 30.2. The van der Waals surface area contributed by atoms with E-state index in [9.17, 15) is 4.79 Å². The van der Waals surface area contributed by atoms with Gasteiger partial charge in [0.1, 0.15) is 5.82 Å². The Morgan fingerprint density at radius 3 is 2.70 bits per heavy atom. The molecule has 0 bridgehead atoms. The number of carbonyl (C=O) groups is 1. The number of piperidine rings is 1. The lowest BCUT2D eigenvalue weighted by Crippen LogP contribution is -2.44. The number of benzene rings is 1. The van der Waals surface area contributed by atoms with Crippen molar-refractivity contribution in [3.05, 3.63) is 71.3 Å². The molecule has 8 nitrogen and oxygen atoms in total. The molecule has 3 N–H and O–H groups in total. The molecule has 37 heavy (non-hydrogen) atoms. The van der Waals surface area contributed by atoms with Crippen molar-refractivity contribution in [1.29, 1.82) is 0 Å². The van der Waals surface area contributed by atoms with E-state index in [-0.39, 0.29) is 17.4 Å². The first kappa shape index (κ1) is 23.4. The van der Waals surface area contributed by atoms with Crippen LogP contribution in [0, 0.1) is 17.3 Å². The van der Waals surface area contributed by atoms with E-state index in [2.05, 4.69) is 50.1 Å². The fourth-order valence-electron chi connectivity index (χ4n) is 6.05. The van der Waals surface area contributed by atoms with Crippen molar-refractivity contribution in [3.63, 3.8) is 0 Å².